The van der Waals surface area contributed by atoms with Gasteiger partial charge in [-0.3, -0.25) is 4.79 Å². The van der Waals surface area contributed by atoms with E-state index < -0.39 is 5.54 Å². The van der Waals surface area contributed by atoms with Crippen LogP contribution in [0.2, 0.25) is 0 Å². The number of nitrogens with one attached hydrogen (secondary N) is 1. The van der Waals surface area contributed by atoms with Crippen LogP contribution in [0.5, 0.6) is 11.5 Å². The molecule has 100 valence electrons. The van der Waals surface area contributed by atoms with E-state index in [4.69, 9.17) is 15.2 Å². The number of hydrogen-bond donors (Lipinski definition) is 2. The van der Waals surface area contributed by atoms with Crippen LogP contribution in [-0.4, -0.2) is 25.7 Å². The highest BCUT2D eigenvalue weighted by molar-refractivity contribution is 5.84. The van der Waals surface area contributed by atoms with E-state index in [2.05, 4.69) is 5.32 Å². The predicted molar refractivity (Wildman–Crippen MR) is 69.7 cm³/mol. The van der Waals surface area contributed by atoms with Crippen LogP contribution in [0.15, 0.2) is 18.2 Å². The first-order chi connectivity index (χ1) is 8.38. The highest BCUT2D eigenvalue weighted by atomic mass is 16.5. The number of nitrogens with two attached hydrogens (primary N) is 1. The fraction of sp³-hybridized carbons (Fsp3) is 0.462. The first-order valence-corrected chi connectivity index (χ1v) is 5.66. The van der Waals surface area contributed by atoms with Gasteiger partial charge in [-0.25, -0.2) is 0 Å². The summed E-state index contributed by atoms with van der Waals surface area (Å²) in [7, 11) is 3.15. The number of methoxy groups -OCH3 is 2. The number of carbonyl (C=O) groups is 1. The van der Waals surface area contributed by atoms with Gasteiger partial charge in [0.15, 0.2) is 11.5 Å². The molecule has 5 heteroatoms. The predicted octanol–water partition coefficient (Wildman–Crippen LogP) is 1.06. The van der Waals surface area contributed by atoms with Crippen LogP contribution in [0.4, 0.5) is 0 Å². The Hall–Kier alpha value is -1.75. The molecule has 0 fully saturated rings. The van der Waals surface area contributed by atoms with E-state index in [1.54, 1.807) is 34.1 Å². The Kier molecular flexibility index (Phi) is 4.55. The van der Waals surface area contributed by atoms with Gasteiger partial charge in [-0.05, 0) is 31.5 Å². The van der Waals surface area contributed by atoms with Crippen LogP contribution in [0.1, 0.15) is 19.4 Å². The summed E-state index contributed by atoms with van der Waals surface area (Å²) in [5.74, 6) is 1.10. The molecule has 1 aromatic carbocycles. The molecule has 1 aromatic rings. The van der Waals surface area contributed by atoms with Crippen LogP contribution in [-0.2, 0) is 11.3 Å². The van der Waals surface area contributed by atoms with E-state index >= 15 is 0 Å². The average Bonchev–Trinajstić information content (AvgIpc) is 2.34. The smallest absolute Gasteiger partial charge is 0.239 e. The summed E-state index contributed by atoms with van der Waals surface area (Å²) in [6.45, 7) is 3.73. The topological polar surface area (TPSA) is 73.6 Å². The summed E-state index contributed by atoms with van der Waals surface area (Å²) >= 11 is 0. The molecule has 0 radical (unpaired) electrons. The fourth-order valence-electron chi connectivity index (χ4n) is 1.40. The van der Waals surface area contributed by atoms with Gasteiger partial charge in [0.25, 0.3) is 0 Å². The van der Waals surface area contributed by atoms with Gasteiger partial charge in [0, 0.05) is 6.54 Å². The van der Waals surface area contributed by atoms with Crippen molar-refractivity contribution in [3.63, 3.8) is 0 Å². The number of rotatable bonds is 5. The molecule has 1 amide bonds. The number of amides is 1. The third kappa shape index (κ3) is 3.63. The van der Waals surface area contributed by atoms with E-state index in [1.807, 2.05) is 12.1 Å². The molecule has 0 aliphatic rings. The number of carbonyl (C=O) groups excluding carboxylic acids is 1. The Labute approximate surface area is 107 Å². The van der Waals surface area contributed by atoms with Crippen LogP contribution < -0.4 is 20.5 Å². The largest absolute Gasteiger partial charge is 0.493 e. The highest BCUT2D eigenvalue weighted by Gasteiger charge is 2.21. The lowest BCUT2D eigenvalue weighted by Crippen LogP contribution is -2.48. The van der Waals surface area contributed by atoms with Gasteiger partial charge in [-0.2, -0.15) is 0 Å². The third-order valence-corrected chi connectivity index (χ3v) is 2.49. The maximum absolute atomic E-state index is 11.6. The van der Waals surface area contributed by atoms with Crippen LogP contribution in [0.25, 0.3) is 0 Å². The van der Waals surface area contributed by atoms with Gasteiger partial charge in [0.2, 0.25) is 5.91 Å². The van der Waals surface area contributed by atoms with Gasteiger partial charge in [0.1, 0.15) is 0 Å². The van der Waals surface area contributed by atoms with E-state index in [0.717, 1.165) is 5.56 Å². The second kappa shape index (κ2) is 5.73. The maximum Gasteiger partial charge on any atom is 0.239 e. The van der Waals surface area contributed by atoms with E-state index in [9.17, 15) is 4.79 Å². The zero-order valence-electron chi connectivity index (χ0n) is 11.2. The van der Waals surface area contributed by atoms with Crippen molar-refractivity contribution in [1.82, 2.24) is 5.32 Å². The standard InChI is InChI=1S/C13H20N2O3/c1-13(2,14)12(16)15-8-9-5-6-10(17-3)11(7-9)18-4/h5-7H,8,14H2,1-4H3,(H,15,16). The molecular weight excluding hydrogens is 232 g/mol. The van der Waals surface area contributed by atoms with E-state index in [1.165, 1.54) is 0 Å². The molecule has 0 aromatic heterocycles. The molecule has 18 heavy (non-hydrogen) atoms. The molecule has 5 nitrogen and oxygen atoms in total. The molecule has 1 rings (SSSR count). The number of hydrogen-bond acceptors (Lipinski definition) is 4. The summed E-state index contributed by atoms with van der Waals surface area (Å²) in [4.78, 5) is 11.6. The monoisotopic (exact) mass is 252 g/mol. The summed E-state index contributed by atoms with van der Waals surface area (Å²) in [5, 5.41) is 2.77. The Morgan fingerprint density at radius 1 is 1.28 bits per heavy atom. The Bertz CT molecular complexity index is 425. The quantitative estimate of drug-likeness (QED) is 0.821. The lowest BCUT2D eigenvalue weighted by atomic mass is 10.1. The van der Waals surface area contributed by atoms with Gasteiger partial charge in [-0.15, -0.1) is 0 Å². The lowest BCUT2D eigenvalue weighted by Gasteiger charge is -2.18. The normalized spacial score (nSPS) is 10.9. The molecule has 0 spiro atoms. The molecule has 0 saturated carbocycles. The van der Waals surface area contributed by atoms with Crippen molar-refractivity contribution in [3.8, 4) is 11.5 Å². The first kappa shape index (κ1) is 14.3. The number of benzene rings is 1. The first-order valence-electron chi connectivity index (χ1n) is 5.66. The van der Waals surface area contributed by atoms with Gasteiger partial charge in [0.05, 0.1) is 19.8 Å². The lowest BCUT2D eigenvalue weighted by molar-refractivity contribution is -0.125. The molecule has 0 bridgehead atoms. The minimum absolute atomic E-state index is 0.197. The minimum atomic E-state index is -0.878. The van der Waals surface area contributed by atoms with Gasteiger partial charge >= 0.3 is 0 Å². The molecule has 0 aliphatic carbocycles. The van der Waals surface area contributed by atoms with E-state index in [-0.39, 0.29) is 5.91 Å². The van der Waals surface area contributed by atoms with Crippen molar-refractivity contribution in [2.24, 2.45) is 5.73 Å². The third-order valence-electron chi connectivity index (χ3n) is 2.49. The zero-order chi connectivity index (χ0) is 13.8. The van der Waals surface area contributed by atoms with E-state index in [0.29, 0.717) is 18.0 Å². The SMILES string of the molecule is COc1ccc(CNC(=O)C(C)(C)N)cc1OC. The summed E-state index contributed by atoms with van der Waals surface area (Å²) in [5.41, 5.74) is 5.73. The summed E-state index contributed by atoms with van der Waals surface area (Å²) in [6.07, 6.45) is 0. The second-order valence-electron chi connectivity index (χ2n) is 4.59. The Morgan fingerprint density at radius 2 is 1.89 bits per heavy atom. The van der Waals surface area contributed by atoms with Crippen molar-refractivity contribution in [1.29, 1.82) is 0 Å². The van der Waals surface area contributed by atoms with Crippen LogP contribution >= 0.6 is 0 Å². The molecule has 0 unspecified atom stereocenters. The summed E-state index contributed by atoms with van der Waals surface area (Å²) in [6, 6.07) is 5.49. The van der Waals surface area contributed by atoms with Crippen molar-refractivity contribution in [2.75, 3.05) is 14.2 Å². The zero-order valence-corrected chi connectivity index (χ0v) is 11.2. The molecular formula is C13H20N2O3. The van der Waals surface area contributed by atoms with Crippen LogP contribution in [0, 0.1) is 0 Å². The van der Waals surface area contributed by atoms with Crippen molar-refractivity contribution >= 4 is 5.91 Å². The molecule has 3 N–H and O–H groups in total. The van der Waals surface area contributed by atoms with Gasteiger partial charge < -0.3 is 20.5 Å². The average molecular weight is 252 g/mol. The molecule has 0 heterocycles. The molecule has 0 atom stereocenters. The van der Waals surface area contributed by atoms with Gasteiger partial charge in [-0.1, -0.05) is 6.07 Å². The van der Waals surface area contributed by atoms with Crippen LogP contribution in [0.3, 0.4) is 0 Å². The maximum atomic E-state index is 11.6. The number of ether oxygens (including phenoxy) is 2. The highest BCUT2D eigenvalue weighted by Crippen LogP contribution is 2.27. The summed E-state index contributed by atoms with van der Waals surface area (Å²) < 4.78 is 10.3. The molecule has 0 saturated heterocycles. The minimum Gasteiger partial charge on any atom is -0.493 e. The molecule has 0 aliphatic heterocycles. The van der Waals surface area contributed by atoms with Crippen molar-refractivity contribution < 1.29 is 14.3 Å². The second-order valence-corrected chi connectivity index (χ2v) is 4.59. The Morgan fingerprint density at radius 3 is 2.39 bits per heavy atom. The fourth-order valence-corrected chi connectivity index (χ4v) is 1.40. The van der Waals surface area contributed by atoms with Crippen molar-refractivity contribution in [3.05, 3.63) is 23.8 Å². The van der Waals surface area contributed by atoms with Crippen molar-refractivity contribution in [2.45, 2.75) is 25.9 Å². The Balaban J connectivity index is 2.72.